The standard InChI is InChI=1S/C26H30F3N5O/c1-16(2)15-34-11-8-18(9-12-34)23-14-21(22-7-10-30-25(33-22)31-17(3)35)24(32-23)19-5-4-6-20(13-19)26(27,28)29/h4-7,10,13-14,16,18,32H,8-9,11-12,15H2,1-3H3,(H,30,31,33,35). The number of piperidine rings is 1. The number of anilines is 1. The summed E-state index contributed by atoms with van der Waals surface area (Å²) < 4.78 is 40.3. The van der Waals surface area contributed by atoms with Crippen LogP contribution in [0.5, 0.6) is 0 Å². The molecule has 35 heavy (non-hydrogen) atoms. The Bertz CT molecular complexity index is 1180. The molecule has 1 aliphatic heterocycles. The highest BCUT2D eigenvalue weighted by molar-refractivity contribution is 5.87. The van der Waals surface area contributed by atoms with Gasteiger partial charge < -0.3 is 9.88 Å². The molecule has 1 saturated heterocycles. The Hall–Kier alpha value is -3.20. The molecule has 0 atom stereocenters. The fourth-order valence-corrected chi connectivity index (χ4v) is 4.65. The SMILES string of the molecule is CC(=O)Nc1nccc(-c2cc(C3CCN(CC(C)C)CC3)[nH]c2-c2cccc(C(F)(F)F)c2)n1. The Kier molecular flexibility index (Phi) is 7.25. The Morgan fingerprint density at radius 3 is 2.60 bits per heavy atom. The summed E-state index contributed by atoms with van der Waals surface area (Å²) >= 11 is 0. The maximum absolute atomic E-state index is 13.4. The highest BCUT2D eigenvalue weighted by Crippen LogP contribution is 2.39. The molecule has 0 aliphatic carbocycles. The number of nitrogens with zero attached hydrogens (tertiary/aromatic N) is 3. The van der Waals surface area contributed by atoms with Crippen LogP contribution < -0.4 is 5.32 Å². The molecule has 4 rings (SSSR count). The zero-order valence-corrected chi connectivity index (χ0v) is 20.1. The van der Waals surface area contributed by atoms with Gasteiger partial charge in [-0.25, -0.2) is 9.97 Å². The molecule has 1 amide bonds. The largest absolute Gasteiger partial charge is 0.416 e. The van der Waals surface area contributed by atoms with Crippen molar-refractivity contribution in [3.05, 3.63) is 53.9 Å². The van der Waals surface area contributed by atoms with Gasteiger partial charge in [-0.05, 0) is 61.7 Å². The van der Waals surface area contributed by atoms with Crippen LogP contribution >= 0.6 is 0 Å². The molecular formula is C26H30F3N5O. The number of carbonyl (C=O) groups excluding carboxylic acids is 1. The predicted molar refractivity (Wildman–Crippen MR) is 130 cm³/mol. The zero-order chi connectivity index (χ0) is 25.2. The van der Waals surface area contributed by atoms with Crippen molar-refractivity contribution in [3.8, 4) is 22.5 Å². The van der Waals surface area contributed by atoms with E-state index in [1.807, 2.05) is 6.07 Å². The fraction of sp³-hybridized carbons (Fsp3) is 0.423. The molecule has 6 nitrogen and oxygen atoms in total. The molecule has 1 fully saturated rings. The van der Waals surface area contributed by atoms with Crippen molar-refractivity contribution in [1.29, 1.82) is 0 Å². The van der Waals surface area contributed by atoms with Crippen LogP contribution in [0.25, 0.3) is 22.5 Å². The van der Waals surface area contributed by atoms with Crippen molar-refractivity contribution in [3.63, 3.8) is 0 Å². The van der Waals surface area contributed by atoms with Crippen LogP contribution in [0.4, 0.5) is 19.1 Å². The molecule has 0 radical (unpaired) electrons. The second kappa shape index (κ2) is 10.2. The lowest BCUT2D eigenvalue weighted by Gasteiger charge is -2.32. The number of alkyl halides is 3. The molecule has 1 aliphatic rings. The van der Waals surface area contributed by atoms with E-state index in [0.29, 0.717) is 28.4 Å². The first-order chi connectivity index (χ1) is 16.6. The van der Waals surface area contributed by atoms with Crippen LogP contribution in [0.1, 0.15) is 50.8 Å². The Labute approximate surface area is 203 Å². The summed E-state index contributed by atoms with van der Waals surface area (Å²) in [5.41, 5.74) is 2.48. The Balaban J connectivity index is 1.73. The van der Waals surface area contributed by atoms with Crippen LogP contribution in [0.15, 0.2) is 42.6 Å². The van der Waals surface area contributed by atoms with Crippen LogP contribution in [-0.4, -0.2) is 45.4 Å². The molecule has 0 bridgehead atoms. The van der Waals surface area contributed by atoms with Crippen molar-refractivity contribution in [2.75, 3.05) is 25.0 Å². The molecule has 0 spiro atoms. The summed E-state index contributed by atoms with van der Waals surface area (Å²) in [6.07, 6.45) is -0.978. The van der Waals surface area contributed by atoms with Crippen molar-refractivity contribution >= 4 is 11.9 Å². The Morgan fingerprint density at radius 2 is 1.94 bits per heavy atom. The molecule has 1 aromatic carbocycles. The lowest BCUT2D eigenvalue weighted by molar-refractivity contribution is -0.137. The smallest absolute Gasteiger partial charge is 0.358 e. The van der Waals surface area contributed by atoms with E-state index < -0.39 is 11.7 Å². The molecule has 9 heteroatoms. The first-order valence-corrected chi connectivity index (χ1v) is 11.8. The van der Waals surface area contributed by atoms with E-state index >= 15 is 0 Å². The van der Waals surface area contributed by atoms with Crippen LogP contribution in [-0.2, 0) is 11.0 Å². The van der Waals surface area contributed by atoms with Gasteiger partial charge in [0.25, 0.3) is 0 Å². The van der Waals surface area contributed by atoms with Gasteiger partial charge in [-0.1, -0.05) is 26.0 Å². The van der Waals surface area contributed by atoms with Crippen molar-refractivity contribution in [2.24, 2.45) is 5.92 Å². The summed E-state index contributed by atoms with van der Waals surface area (Å²) in [7, 11) is 0. The van der Waals surface area contributed by atoms with E-state index in [4.69, 9.17) is 0 Å². The second-order valence-corrected chi connectivity index (χ2v) is 9.51. The van der Waals surface area contributed by atoms with Gasteiger partial charge in [0.1, 0.15) is 0 Å². The van der Waals surface area contributed by atoms with Crippen molar-refractivity contribution < 1.29 is 18.0 Å². The normalized spacial score (nSPS) is 15.5. The number of amides is 1. The van der Waals surface area contributed by atoms with E-state index in [-0.39, 0.29) is 17.8 Å². The number of aromatic nitrogens is 3. The number of nitrogens with one attached hydrogen (secondary N) is 2. The maximum atomic E-state index is 13.4. The highest BCUT2D eigenvalue weighted by atomic mass is 19.4. The number of carbonyl (C=O) groups is 1. The molecule has 2 N–H and O–H groups in total. The third-order valence-electron chi connectivity index (χ3n) is 6.19. The molecule has 3 aromatic rings. The summed E-state index contributed by atoms with van der Waals surface area (Å²) in [5.74, 6) is 0.720. The summed E-state index contributed by atoms with van der Waals surface area (Å²) in [4.78, 5) is 25.9. The topological polar surface area (TPSA) is 73.9 Å². The quantitative estimate of drug-likeness (QED) is 0.452. The van der Waals surface area contributed by atoms with E-state index in [9.17, 15) is 18.0 Å². The maximum Gasteiger partial charge on any atom is 0.416 e. The second-order valence-electron chi connectivity index (χ2n) is 9.51. The number of hydrogen-bond acceptors (Lipinski definition) is 4. The minimum atomic E-state index is -4.44. The number of benzene rings is 1. The molecule has 3 heterocycles. The summed E-state index contributed by atoms with van der Waals surface area (Å²) in [6.45, 7) is 8.81. The van der Waals surface area contributed by atoms with E-state index in [0.717, 1.165) is 50.3 Å². The average Bonchev–Trinajstić information content (AvgIpc) is 3.24. The highest BCUT2D eigenvalue weighted by Gasteiger charge is 2.31. The molecule has 0 saturated carbocycles. The van der Waals surface area contributed by atoms with Gasteiger partial charge >= 0.3 is 6.18 Å². The molecule has 2 aromatic heterocycles. The van der Waals surface area contributed by atoms with E-state index in [2.05, 4.69) is 39.0 Å². The lowest BCUT2D eigenvalue weighted by atomic mass is 9.93. The van der Waals surface area contributed by atoms with E-state index in [1.165, 1.54) is 19.2 Å². The number of H-pyrrole nitrogens is 1. The van der Waals surface area contributed by atoms with Gasteiger partial charge in [0.2, 0.25) is 11.9 Å². The van der Waals surface area contributed by atoms with E-state index in [1.54, 1.807) is 12.1 Å². The van der Waals surface area contributed by atoms with Gasteiger partial charge in [-0.15, -0.1) is 0 Å². The van der Waals surface area contributed by atoms with Gasteiger partial charge in [0.15, 0.2) is 0 Å². The molecule has 186 valence electrons. The number of rotatable bonds is 6. The van der Waals surface area contributed by atoms with Crippen molar-refractivity contribution in [2.45, 2.75) is 45.7 Å². The summed E-state index contributed by atoms with van der Waals surface area (Å²) in [5, 5.41) is 2.57. The van der Waals surface area contributed by atoms with Gasteiger partial charge in [-0.3, -0.25) is 10.1 Å². The third-order valence-corrected chi connectivity index (χ3v) is 6.19. The first-order valence-electron chi connectivity index (χ1n) is 11.8. The van der Waals surface area contributed by atoms with Gasteiger partial charge in [0, 0.05) is 36.8 Å². The number of hydrogen-bond donors (Lipinski definition) is 2. The fourth-order valence-electron chi connectivity index (χ4n) is 4.65. The average molecular weight is 486 g/mol. The molecular weight excluding hydrogens is 455 g/mol. The third kappa shape index (κ3) is 6.08. The zero-order valence-electron chi connectivity index (χ0n) is 20.1. The van der Waals surface area contributed by atoms with Gasteiger partial charge in [0.05, 0.1) is 17.0 Å². The minimum Gasteiger partial charge on any atom is -0.358 e. The van der Waals surface area contributed by atoms with Crippen LogP contribution in [0, 0.1) is 5.92 Å². The Morgan fingerprint density at radius 1 is 1.20 bits per heavy atom. The first kappa shape index (κ1) is 24.9. The van der Waals surface area contributed by atoms with Gasteiger partial charge in [-0.2, -0.15) is 13.2 Å². The van der Waals surface area contributed by atoms with Crippen LogP contribution in [0.2, 0.25) is 0 Å². The number of likely N-dealkylation sites (tertiary alicyclic amines) is 1. The van der Waals surface area contributed by atoms with Crippen molar-refractivity contribution in [1.82, 2.24) is 19.9 Å². The predicted octanol–water partition coefficient (Wildman–Crippen LogP) is 5.95. The monoisotopic (exact) mass is 485 g/mol. The molecule has 0 unspecified atom stereocenters. The lowest BCUT2D eigenvalue weighted by Crippen LogP contribution is -2.35. The number of halogens is 3. The van der Waals surface area contributed by atoms with Crippen LogP contribution in [0.3, 0.4) is 0 Å². The minimum absolute atomic E-state index is 0.148. The number of aromatic amines is 1. The summed E-state index contributed by atoms with van der Waals surface area (Å²) in [6, 6.07) is 8.97.